The minimum Gasteiger partial charge on any atom is -0.338 e. The van der Waals surface area contributed by atoms with Crippen molar-refractivity contribution in [2.45, 2.75) is 53.1 Å². The number of hydrogen-bond acceptors (Lipinski definition) is 2. The van der Waals surface area contributed by atoms with Crippen molar-refractivity contribution in [3.8, 4) is 0 Å². The Morgan fingerprint density at radius 2 is 1.87 bits per heavy atom. The number of rotatable bonds is 2. The smallest absolute Gasteiger partial charge is 0.319 e. The molecule has 1 aromatic carbocycles. The molecule has 2 N–H and O–H groups in total. The van der Waals surface area contributed by atoms with Crippen LogP contribution in [-0.4, -0.2) is 28.9 Å². The van der Waals surface area contributed by atoms with E-state index < -0.39 is 0 Å². The van der Waals surface area contributed by atoms with E-state index >= 15 is 0 Å². The Hall–Kier alpha value is -2.04. The molecule has 0 aromatic heterocycles. The molecule has 0 saturated carbocycles. The summed E-state index contributed by atoms with van der Waals surface area (Å²) in [6.07, 6.45) is 0.863. The maximum atomic E-state index is 12.2. The first-order valence-corrected chi connectivity index (χ1v) is 8.15. The number of fused-ring (bicyclic) bond motifs is 1. The fourth-order valence-electron chi connectivity index (χ4n) is 2.69. The molecule has 2 rings (SSSR count). The van der Waals surface area contributed by atoms with Gasteiger partial charge < -0.3 is 15.5 Å². The summed E-state index contributed by atoms with van der Waals surface area (Å²) in [6.45, 7) is 11.0. The molecule has 23 heavy (non-hydrogen) atoms. The third-order valence-corrected chi connectivity index (χ3v) is 3.77. The van der Waals surface area contributed by atoms with Gasteiger partial charge in [0.1, 0.15) is 0 Å². The Labute approximate surface area is 138 Å². The van der Waals surface area contributed by atoms with Crippen LogP contribution in [0.15, 0.2) is 18.2 Å². The lowest BCUT2D eigenvalue weighted by molar-refractivity contribution is -0.135. The molecule has 1 heterocycles. The predicted molar refractivity (Wildman–Crippen MR) is 92.3 cm³/mol. The standard InChI is InChI=1S/C18H27N3O2/c1-12(2)16(22)21-9-8-13-6-7-15(10-14(13)11-21)19-17(23)20-18(3,4)5/h6-7,10,12H,8-9,11H2,1-5H3,(H2,19,20,23). The van der Waals surface area contributed by atoms with Crippen LogP contribution >= 0.6 is 0 Å². The third-order valence-electron chi connectivity index (χ3n) is 3.77. The number of benzene rings is 1. The maximum Gasteiger partial charge on any atom is 0.319 e. The van der Waals surface area contributed by atoms with E-state index in [1.54, 1.807) is 0 Å². The molecule has 5 nitrogen and oxygen atoms in total. The highest BCUT2D eigenvalue weighted by molar-refractivity contribution is 5.89. The van der Waals surface area contributed by atoms with Gasteiger partial charge in [0.2, 0.25) is 5.91 Å². The maximum absolute atomic E-state index is 12.2. The van der Waals surface area contributed by atoms with Gasteiger partial charge in [0.15, 0.2) is 0 Å². The van der Waals surface area contributed by atoms with Gasteiger partial charge in [-0.05, 0) is 50.5 Å². The van der Waals surface area contributed by atoms with Gasteiger partial charge >= 0.3 is 6.03 Å². The van der Waals surface area contributed by atoms with Crippen molar-refractivity contribution in [2.24, 2.45) is 5.92 Å². The number of carbonyl (C=O) groups excluding carboxylic acids is 2. The van der Waals surface area contributed by atoms with Crippen LogP contribution in [-0.2, 0) is 17.8 Å². The fraction of sp³-hybridized carbons (Fsp3) is 0.556. The Morgan fingerprint density at radius 3 is 2.48 bits per heavy atom. The van der Waals surface area contributed by atoms with E-state index in [0.29, 0.717) is 6.54 Å². The van der Waals surface area contributed by atoms with Crippen molar-refractivity contribution in [3.63, 3.8) is 0 Å². The topological polar surface area (TPSA) is 61.4 Å². The minimum absolute atomic E-state index is 0.00965. The van der Waals surface area contributed by atoms with Crippen LogP contribution in [0.5, 0.6) is 0 Å². The average molecular weight is 317 g/mol. The zero-order valence-corrected chi connectivity index (χ0v) is 14.7. The lowest BCUT2D eigenvalue weighted by atomic mass is 9.98. The fourth-order valence-corrected chi connectivity index (χ4v) is 2.69. The van der Waals surface area contributed by atoms with E-state index in [0.717, 1.165) is 24.2 Å². The molecule has 0 atom stereocenters. The number of urea groups is 1. The van der Waals surface area contributed by atoms with E-state index in [-0.39, 0.29) is 23.4 Å². The monoisotopic (exact) mass is 317 g/mol. The molecule has 0 unspecified atom stereocenters. The van der Waals surface area contributed by atoms with Crippen LogP contribution in [0.25, 0.3) is 0 Å². The van der Waals surface area contributed by atoms with Crippen molar-refractivity contribution in [3.05, 3.63) is 29.3 Å². The summed E-state index contributed by atoms with van der Waals surface area (Å²) < 4.78 is 0. The Balaban J connectivity index is 2.09. The second-order valence-corrected chi connectivity index (χ2v) is 7.48. The summed E-state index contributed by atoms with van der Waals surface area (Å²) in [5, 5.41) is 5.74. The van der Waals surface area contributed by atoms with Crippen LogP contribution < -0.4 is 10.6 Å². The molecule has 0 spiro atoms. The number of nitrogens with one attached hydrogen (secondary N) is 2. The average Bonchev–Trinajstić information content (AvgIpc) is 2.43. The quantitative estimate of drug-likeness (QED) is 0.880. The van der Waals surface area contributed by atoms with Crippen LogP contribution in [0, 0.1) is 5.92 Å². The highest BCUT2D eigenvalue weighted by atomic mass is 16.2. The van der Waals surface area contributed by atoms with E-state index in [1.165, 1.54) is 5.56 Å². The number of carbonyl (C=O) groups is 2. The summed E-state index contributed by atoms with van der Waals surface area (Å²) in [5.74, 6) is 0.190. The van der Waals surface area contributed by atoms with Crippen LogP contribution in [0.3, 0.4) is 0 Å². The Morgan fingerprint density at radius 1 is 1.17 bits per heavy atom. The summed E-state index contributed by atoms with van der Waals surface area (Å²) in [4.78, 5) is 26.0. The predicted octanol–water partition coefficient (Wildman–Crippen LogP) is 3.15. The van der Waals surface area contributed by atoms with Gasteiger partial charge in [-0.3, -0.25) is 4.79 Å². The number of anilines is 1. The zero-order chi connectivity index (χ0) is 17.2. The third kappa shape index (κ3) is 4.71. The Kier molecular flexibility index (Phi) is 4.97. The largest absolute Gasteiger partial charge is 0.338 e. The van der Waals surface area contributed by atoms with Gasteiger partial charge in [0.25, 0.3) is 0 Å². The summed E-state index contributed by atoms with van der Waals surface area (Å²) in [7, 11) is 0. The summed E-state index contributed by atoms with van der Waals surface area (Å²) in [6, 6.07) is 5.71. The van der Waals surface area contributed by atoms with Gasteiger partial charge in [-0.15, -0.1) is 0 Å². The van der Waals surface area contributed by atoms with Crippen molar-refractivity contribution < 1.29 is 9.59 Å². The molecule has 0 radical (unpaired) electrons. The van der Waals surface area contributed by atoms with Gasteiger partial charge in [-0.25, -0.2) is 4.79 Å². The molecule has 0 fully saturated rings. The molecule has 5 heteroatoms. The number of hydrogen-bond donors (Lipinski definition) is 2. The molecule has 0 aliphatic carbocycles. The van der Waals surface area contributed by atoms with Gasteiger partial charge in [0, 0.05) is 30.2 Å². The van der Waals surface area contributed by atoms with Crippen molar-refractivity contribution in [1.29, 1.82) is 0 Å². The first-order valence-electron chi connectivity index (χ1n) is 8.15. The number of nitrogens with zero attached hydrogens (tertiary/aromatic N) is 1. The molecule has 1 aliphatic rings. The van der Waals surface area contributed by atoms with Gasteiger partial charge in [0.05, 0.1) is 0 Å². The van der Waals surface area contributed by atoms with Crippen LogP contribution in [0.1, 0.15) is 45.7 Å². The van der Waals surface area contributed by atoms with Gasteiger partial charge in [-0.2, -0.15) is 0 Å². The van der Waals surface area contributed by atoms with E-state index in [9.17, 15) is 9.59 Å². The minimum atomic E-state index is -0.279. The Bertz CT molecular complexity index is 603. The normalized spacial score (nSPS) is 14.4. The van der Waals surface area contributed by atoms with Crippen LogP contribution in [0.2, 0.25) is 0 Å². The SMILES string of the molecule is CC(C)C(=O)N1CCc2ccc(NC(=O)NC(C)(C)C)cc2C1. The molecule has 1 aliphatic heterocycles. The van der Waals surface area contributed by atoms with Crippen molar-refractivity contribution in [1.82, 2.24) is 10.2 Å². The molecule has 0 bridgehead atoms. The van der Waals surface area contributed by atoms with Crippen molar-refractivity contribution >= 4 is 17.6 Å². The molecule has 126 valence electrons. The highest BCUT2D eigenvalue weighted by Crippen LogP contribution is 2.23. The highest BCUT2D eigenvalue weighted by Gasteiger charge is 2.23. The van der Waals surface area contributed by atoms with Gasteiger partial charge in [-0.1, -0.05) is 19.9 Å². The zero-order valence-electron chi connectivity index (χ0n) is 14.7. The van der Waals surface area contributed by atoms with E-state index in [2.05, 4.69) is 10.6 Å². The molecule has 0 saturated heterocycles. The van der Waals surface area contributed by atoms with Crippen LogP contribution in [0.4, 0.5) is 10.5 Å². The van der Waals surface area contributed by atoms with Crippen molar-refractivity contribution in [2.75, 3.05) is 11.9 Å². The summed E-state index contributed by atoms with van der Waals surface area (Å²) in [5.41, 5.74) is 2.83. The molecule has 3 amide bonds. The first kappa shape index (κ1) is 17.3. The molecular formula is C18H27N3O2. The number of amides is 3. The lowest BCUT2D eigenvalue weighted by Crippen LogP contribution is -2.43. The second-order valence-electron chi connectivity index (χ2n) is 7.48. The second kappa shape index (κ2) is 6.60. The first-order chi connectivity index (χ1) is 10.7. The molecular weight excluding hydrogens is 290 g/mol. The summed E-state index contributed by atoms with van der Waals surface area (Å²) >= 11 is 0. The van der Waals surface area contributed by atoms with E-state index in [1.807, 2.05) is 57.7 Å². The van der Waals surface area contributed by atoms with E-state index in [4.69, 9.17) is 0 Å². The molecule has 1 aromatic rings. The lowest BCUT2D eigenvalue weighted by Gasteiger charge is -2.30.